The van der Waals surface area contributed by atoms with Crippen molar-refractivity contribution in [2.24, 2.45) is 0 Å². The molecule has 7 nitrogen and oxygen atoms in total. The average molecular weight is 385 g/mol. The number of hydrogen-bond donors (Lipinski definition) is 3. The number of aromatic nitrogens is 3. The minimum atomic E-state index is -3.72. The second kappa shape index (κ2) is 7.40. The first-order valence-corrected chi connectivity index (χ1v) is 10.1. The van der Waals surface area contributed by atoms with E-state index in [0.29, 0.717) is 28.8 Å². The number of sulfonamides is 1. The van der Waals surface area contributed by atoms with Gasteiger partial charge in [-0.25, -0.2) is 13.4 Å². The minimum absolute atomic E-state index is 0.162. The van der Waals surface area contributed by atoms with Crippen molar-refractivity contribution in [3.63, 3.8) is 0 Å². The maximum atomic E-state index is 12.6. The lowest BCUT2D eigenvalue weighted by Crippen LogP contribution is -2.14. The van der Waals surface area contributed by atoms with Crippen LogP contribution in [0, 0.1) is 13.8 Å². The van der Waals surface area contributed by atoms with Crippen LogP contribution < -0.4 is 10.0 Å². The van der Waals surface area contributed by atoms with Crippen LogP contribution in [0.15, 0.2) is 47.5 Å². The minimum Gasteiger partial charge on any atom is -0.340 e. The smallest absolute Gasteiger partial charge is 0.265 e. The van der Waals surface area contributed by atoms with Crippen LogP contribution in [0.3, 0.4) is 0 Å². The lowest BCUT2D eigenvalue weighted by Gasteiger charge is -2.10. The molecule has 0 atom stereocenters. The molecule has 27 heavy (non-hydrogen) atoms. The zero-order valence-electron chi connectivity index (χ0n) is 15.7. The molecular formula is C19H23N5O2S. The number of nitrogens with one attached hydrogen (secondary N) is 3. The molecule has 0 spiro atoms. The molecule has 0 saturated heterocycles. The van der Waals surface area contributed by atoms with Gasteiger partial charge in [0.1, 0.15) is 10.7 Å². The molecule has 3 N–H and O–H groups in total. The van der Waals surface area contributed by atoms with Crippen LogP contribution in [0.5, 0.6) is 0 Å². The Morgan fingerprint density at radius 3 is 2.19 bits per heavy atom. The first-order valence-electron chi connectivity index (χ1n) is 8.63. The Balaban J connectivity index is 1.72. The lowest BCUT2D eigenvalue weighted by molar-refractivity contribution is 0.600. The van der Waals surface area contributed by atoms with E-state index in [1.807, 2.05) is 12.1 Å². The summed E-state index contributed by atoms with van der Waals surface area (Å²) < 4.78 is 27.6. The highest BCUT2D eigenvalue weighted by molar-refractivity contribution is 7.92. The SMILES string of the molecule is Cc1n[nH]c(C)c1S(=O)(=O)Nc1ccc(Nc2ccc(C(C)C)cc2)nc1. The topological polar surface area (TPSA) is 99.8 Å². The molecule has 0 aliphatic carbocycles. The van der Waals surface area contributed by atoms with Gasteiger partial charge in [0.15, 0.2) is 0 Å². The molecule has 0 saturated carbocycles. The summed E-state index contributed by atoms with van der Waals surface area (Å²) in [5.41, 5.74) is 3.50. The summed E-state index contributed by atoms with van der Waals surface area (Å²) in [6, 6.07) is 11.5. The lowest BCUT2D eigenvalue weighted by atomic mass is 10.0. The van der Waals surface area contributed by atoms with Crippen molar-refractivity contribution in [2.45, 2.75) is 38.5 Å². The molecule has 2 aromatic heterocycles. The van der Waals surface area contributed by atoms with Crippen molar-refractivity contribution in [3.8, 4) is 0 Å². The Morgan fingerprint density at radius 2 is 1.67 bits per heavy atom. The van der Waals surface area contributed by atoms with Gasteiger partial charge < -0.3 is 5.32 Å². The van der Waals surface area contributed by atoms with Crippen molar-refractivity contribution < 1.29 is 8.42 Å². The van der Waals surface area contributed by atoms with Gasteiger partial charge in [-0.05, 0) is 49.6 Å². The van der Waals surface area contributed by atoms with Crippen molar-refractivity contribution in [1.82, 2.24) is 15.2 Å². The second-order valence-electron chi connectivity index (χ2n) is 6.70. The predicted octanol–water partition coefficient (Wildman–Crippen LogP) is 4.09. The third kappa shape index (κ3) is 4.28. The fourth-order valence-electron chi connectivity index (χ4n) is 2.77. The van der Waals surface area contributed by atoms with Gasteiger partial charge in [-0.3, -0.25) is 9.82 Å². The van der Waals surface area contributed by atoms with Gasteiger partial charge in [0, 0.05) is 5.69 Å². The number of nitrogens with zero attached hydrogens (tertiary/aromatic N) is 2. The van der Waals surface area contributed by atoms with E-state index in [2.05, 4.69) is 51.2 Å². The number of anilines is 3. The zero-order valence-corrected chi connectivity index (χ0v) is 16.6. The fourth-order valence-corrected chi connectivity index (χ4v) is 4.19. The molecule has 1 aromatic carbocycles. The van der Waals surface area contributed by atoms with Gasteiger partial charge in [0.05, 0.1) is 23.3 Å². The second-order valence-corrected chi connectivity index (χ2v) is 8.32. The van der Waals surface area contributed by atoms with E-state index >= 15 is 0 Å². The van der Waals surface area contributed by atoms with E-state index in [1.165, 1.54) is 11.8 Å². The molecule has 8 heteroatoms. The van der Waals surface area contributed by atoms with Crippen molar-refractivity contribution in [1.29, 1.82) is 0 Å². The molecular weight excluding hydrogens is 362 g/mol. The summed E-state index contributed by atoms with van der Waals surface area (Å²) in [5.74, 6) is 1.11. The van der Waals surface area contributed by atoms with Crippen LogP contribution in [0.2, 0.25) is 0 Å². The third-order valence-electron chi connectivity index (χ3n) is 4.19. The van der Waals surface area contributed by atoms with Crippen LogP contribution in [-0.2, 0) is 10.0 Å². The molecule has 0 aliphatic rings. The summed E-state index contributed by atoms with van der Waals surface area (Å²) >= 11 is 0. The van der Waals surface area contributed by atoms with Crippen LogP contribution in [0.4, 0.5) is 17.2 Å². The fraction of sp³-hybridized carbons (Fsp3) is 0.263. The van der Waals surface area contributed by atoms with Gasteiger partial charge >= 0.3 is 0 Å². The van der Waals surface area contributed by atoms with Crippen LogP contribution >= 0.6 is 0 Å². The molecule has 0 unspecified atom stereocenters. The molecule has 2 heterocycles. The van der Waals surface area contributed by atoms with E-state index in [4.69, 9.17) is 0 Å². The summed E-state index contributed by atoms with van der Waals surface area (Å²) in [4.78, 5) is 4.44. The van der Waals surface area contributed by atoms with Crippen LogP contribution in [-0.4, -0.2) is 23.6 Å². The van der Waals surface area contributed by atoms with Crippen molar-refractivity contribution in [2.75, 3.05) is 10.0 Å². The number of hydrogen-bond acceptors (Lipinski definition) is 5. The number of aryl methyl sites for hydroxylation is 2. The summed E-state index contributed by atoms with van der Waals surface area (Å²) in [6.45, 7) is 7.62. The van der Waals surface area contributed by atoms with E-state index in [9.17, 15) is 8.42 Å². The van der Waals surface area contributed by atoms with E-state index in [-0.39, 0.29) is 4.90 Å². The van der Waals surface area contributed by atoms with Gasteiger partial charge in [0.25, 0.3) is 10.0 Å². The standard InChI is InChI=1S/C19H23N5O2S/c1-12(2)15-5-7-16(8-6-15)21-18-10-9-17(11-20-18)24-27(25,26)19-13(3)22-23-14(19)4/h5-12,24H,1-4H3,(H,20,21)(H,22,23). The zero-order chi connectivity index (χ0) is 19.6. The average Bonchev–Trinajstić information content (AvgIpc) is 2.96. The van der Waals surface area contributed by atoms with Crippen LogP contribution in [0.25, 0.3) is 0 Å². The highest BCUT2D eigenvalue weighted by Crippen LogP contribution is 2.23. The Kier molecular flexibility index (Phi) is 5.18. The van der Waals surface area contributed by atoms with Crippen molar-refractivity contribution >= 4 is 27.2 Å². The maximum absolute atomic E-state index is 12.6. The first-order chi connectivity index (χ1) is 12.8. The highest BCUT2D eigenvalue weighted by Gasteiger charge is 2.22. The number of rotatable bonds is 6. The number of pyridine rings is 1. The molecule has 0 bridgehead atoms. The largest absolute Gasteiger partial charge is 0.340 e. The molecule has 142 valence electrons. The predicted molar refractivity (Wildman–Crippen MR) is 107 cm³/mol. The van der Waals surface area contributed by atoms with E-state index in [1.54, 1.807) is 26.0 Å². The summed E-state index contributed by atoms with van der Waals surface area (Å²) in [7, 11) is -3.72. The maximum Gasteiger partial charge on any atom is 0.265 e. The number of aromatic amines is 1. The molecule has 0 radical (unpaired) electrons. The van der Waals surface area contributed by atoms with Crippen LogP contribution in [0.1, 0.15) is 36.7 Å². The number of benzene rings is 1. The molecule has 0 fully saturated rings. The van der Waals surface area contributed by atoms with E-state index < -0.39 is 10.0 Å². The normalized spacial score (nSPS) is 11.6. The van der Waals surface area contributed by atoms with Gasteiger partial charge in [-0.2, -0.15) is 5.10 Å². The third-order valence-corrected chi connectivity index (χ3v) is 5.84. The highest BCUT2D eigenvalue weighted by atomic mass is 32.2. The Hall–Kier alpha value is -2.87. The Morgan fingerprint density at radius 1 is 1.00 bits per heavy atom. The van der Waals surface area contributed by atoms with Crippen molar-refractivity contribution in [3.05, 3.63) is 59.5 Å². The Bertz CT molecular complexity index is 1000. The monoisotopic (exact) mass is 385 g/mol. The van der Waals surface area contributed by atoms with Gasteiger partial charge in [0.2, 0.25) is 0 Å². The summed E-state index contributed by atoms with van der Waals surface area (Å²) in [5, 5.41) is 9.82. The molecule has 3 aromatic rings. The quantitative estimate of drug-likeness (QED) is 0.593. The van der Waals surface area contributed by atoms with E-state index in [0.717, 1.165) is 5.69 Å². The van der Waals surface area contributed by atoms with Gasteiger partial charge in [-0.1, -0.05) is 26.0 Å². The first kappa shape index (κ1) is 18.9. The van der Waals surface area contributed by atoms with Gasteiger partial charge in [-0.15, -0.1) is 0 Å². The number of H-pyrrole nitrogens is 1. The summed E-state index contributed by atoms with van der Waals surface area (Å²) in [6.07, 6.45) is 1.48. The molecule has 3 rings (SSSR count). The molecule has 0 amide bonds. The Labute approximate surface area is 159 Å². The molecule has 0 aliphatic heterocycles.